The van der Waals surface area contributed by atoms with Gasteiger partial charge in [-0.25, -0.2) is 9.59 Å². The van der Waals surface area contributed by atoms with E-state index in [1.54, 1.807) is 7.05 Å². The molecule has 0 unspecified atom stereocenters. The van der Waals surface area contributed by atoms with Gasteiger partial charge in [0.25, 0.3) is 0 Å². The number of hydrogen-bond acceptors (Lipinski definition) is 2. The molecule has 2 aromatic rings. The van der Waals surface area contributed by atoms with E-state index in [9.17, 15) is 9.59 Å². The number of rotatable bonds is 4. The molecule has 6 nitrogen and oxygen atoms in total. The number of nitrogens with zero attached hydrogens (tertiary/aromatic N) is 2. The van der Waals surface area contributed by atoms with Crippen molar-refractivity contribution in [2.24, 2.45) is 0 Å². The third-order valence-electron chi connectivity index (χ3n) is 5.78. The van der Waals surface area contributed by atoms with E-state index in [0.717, 1.165) is 48.6 Å². The van der Waals surface area contributed by atoms with Crippen molar-refractivity contribution in [2.75, 3.05) is 20.1 Å². The highest BCUT2D eigenvalue weighted by Gasteiger charge is 2.39. The second kappa shape index (κ2) is 8.49. The summed E-state index contributed by atoms with van der Waals surface area (Å²) < 4.78 is 0. The summed E-state index contributed by atoms with van der Waals surface area (Å²) in [5.74, 6) is 0. The number of carbonyl (C=O) groups is 2. The van der Waals surface area contributed by atoms with Gasteiger partial charge in [0.1, 0.15) is 0 Å². The average Bonchev–Trinajstić information content (AvgIpc) is 3.56. The van der Waals surface area contributed by atoms with Gasteiger partial charge in [-0.3, -0.25) is 0 Å². The van der Waals surface area contributed by atoms with Crippen LogP contribution in [0, 0.1) is 0 Å². The van der Waals surface area contributed by atoms with Gasteiger partial charge in [0.2, 0.25) is 0 Å². The molecule has 2 N–H and O–H groups in total. The topological polar surface area (TPSA) is 64.7 Å². The highest BCUT2D eigenvalue weighted by molar-refractivity contribution is 6.31. The van der Waals surface area contributed by atoms with Crippen molar-refractivity contribution in [1.29, 1.82) is 0 Å². The van der Waals surface area contributed by atoms with Gasteiger partial charge < -0.3 is 20.4 Å². The maximum Gasteiger partial charge on any atom is 0.318 e. The van der Waals surface area contributed by atoms with Crippen LogP contribution in [0.2, 0.25) is 5.02 Å². The lowest BCUT2D eigenvalue weighted by molar-refractivity contribution is 0.116. The Labute approximate surface area is 176 Å². The molecule has 4 rings (SSSR count). The molecule has 1 heterocycles. The Morgan fingerprint density at radius 1 is 1.10 bits per heavy atom. The van der Waals surface area contributed by atoms with Crippen LogP contribution in [0.3, 0.4) is 0 Å². The van der Waals surface area contributed by atoms with E-state index in [2.05, 4.69) is 16.7 Å². The van der Waals surface area contributed by atoms with Gasteiger partial charge in [-0.2, -0.15) is 0 Å². The Morgan fingerprint density at radius 2 is 1.90 bits per heavy atom. The Morgan fingerprint density at radius 3 is 2.66 bits per heavy atom. The molecule has 0 aromatic heterocycles. The number of amides is 4. The summed E-state index contributed by atoms with van der Waals surface area (Å²) in [4.78, 5) is 28.8. The molecule has 154 valence electrons. The minimum atomic E-state index is -0.0688. The van der Waals surface area contributed by atoms with Crippen molar-refractivity contribution in [3.05, 3.63) is 47.0 Å². The SMILES string of the molecule is CNC(=O)N1CCC[C@@H](N(C(=O)NCc2ccc3ccc(Cl)cc3c2)C2CC2)C1. The van der Waals surface area contributed by atoms with Crippen molar-refractivity contribution in [2.45, 2.75) is 44.3 Å². The van der Waals surface area contributed by atoms with Gasteiger partial charge >= 0.3 is 12.1 Å². The zero-order chi connectivity index (χ0) is 20.4. The number of urea groups is 2. The van der Waals surface area contributed by atoms with Crippen LogP contribution in [-0.2, 0) is 6.54 Å². The number of halogens is 1. The van der Waals surface area contributed by atoms with Crippen LogP contribution in [0.4, 0.5) is 9.59 Å². The number of fused-ring (bicyclic) bond motifs is 1. The molecule has 2 aliphatic rings. The van der Waals surface area contributed by atoms with Gasteiger partial charge in [0, 0.05) is 37.7 Å². The van der Waals surface area contributed by atoms with Gasteiger partial charge in [-0.15, -0.1) is 0 Å². The first-order valence-electron chi connectivity index (χ1n) is 10.3. The molecule has 1 saturated carbocycles. The number of likely N-dealkylation sites (tertiary alicyclic amines) is 1. The molecule has 1 aliphatic carbocycles. The summed E-state index contributed by atoms with van der Waals surface area (Å²) in [6.07, 6.45) is 3.93. The fourth-order valence-corrected chi connectivity index (χ4v) is 4.33. The van der Waals surface area contributed by atoms with E-state index in [0.29, 0.717) is 24.2 Å². The zero-order valence-electron chi connectivity index (χ0n) is 16.7. The van der Waals surface area contributed by atoms with Crippen molar-refractivity contribution in [1.82, 2.24) is 20.4 Å². The van der Waals surface area contributed by atoms with Crippen molar-refractivity contribution in [3.8, 4) is 0 Å². The van der Waals surface area contributed by atoms with E-state index < -0.39 is 0 Å². The first kappa shape index (κ1) is 19.8. The first-order valence-corrected chi connectivity index (χ1v) is 10.6. The first-order chi connectivity index (χ1) is 14.0. The highest BCUT2D eigenvalue weighted by atomic mass is 35.5. The number of hydrogen-bond donors (Lipinski definition) is 2. The lowest BCUT2D eigenvalue weighted by Crippen LogP contribution is -2.56. The minimum Gasteiger partial charge on any atom is -0.341 e. The maximum atomic E-state index is 13.0. The van der Waals surface area contributed by atoms with Gasteiger partial charge in [0.05, 0.1) is 6.04 Å². The highest BCUT2D eigenvalue weighted by Crippen LogP contribution is 2.31. The Hall–Kier alpha value is -2.47. The second-order valence-corrected chi connectivity index (χ2v) is 8.36. The van der Waals surface area contributed by atoms with E-state index in [4.69, 9.17) is 11.6 Å². The normalized spacial score (nSPS) is 19.1. The summed E-state index contributed by atoms with van der Waals surface area (Å²) in [6, 6.07) is 12.2. The fraction of sp³-hybridized carbons (Fsp3) is 0.455. The lowest BCUT2D eigenvalue weighted by Gasteiger charge is -2.39. The maximum absolute atomic E-state index is 13.0. The minimum absolute atomic E-state index is 0.0394. The van der Waals surface area contributed by atoms with Crippen molar-refractivity contribution >= 4 is 34.4 Å². The largest absolute Gasteiger partial charge is 0.341 e. The zero-order valence-corrected chi connectivity index (χ0v) is 17.4. The van der Waals surface area contributed by atoms with Gasteiger partial charge in [0.15, 0.2) is 0 Å². The molecular formula is C22H27ClN4O2. The Kier molecular flexibility index (Phi) is 5.81. The summed E-state index contributed by atoms with van der Waals surface area (Å²) in [5, 5.41) is 8.68. The number of nitrogens with one attached hydrogen (secondary N) is 2. The van der Waals surface area contributed by atoms with Crippen molar-refractivity contribution < 1.29 is 9.59 Å². The number of carbonyl (C=O) groups excluding carboxylic acids is 2. The second-order valence-electron chi connectivity index (χ2n) is 7.92. The fourth-order valence-electron chi connectivity index (χ4n) is 4.15. The van der Waals surface area contributed by atoms with Gasteiger partial charge in [-0.1, -0.05) is 29.8 Å². The Balaban J connectivity index is 1.42. The third-order valence-corrected chi connectivity index (χ3v) is 6.01. The Bertz CT molecular complexity index is 915. The monoisotopic (exact) mass is 414 g/mol. The molecule has 29 heavy (non-hydrogen) atoms. The summed E-state index contributed by atoms with van der Waals surface area (Å²) in [5.41, 5.74) is 1.04. The van der Waals surface area contributed by atoms with Gasteiger partial charge in [-0.05, 0) is 60.2 Å². The van der Waals surface area contributed by atoms with Crippen LogP contribution in [0.1, 0.15) is 31.2 Å². The molecule has 1 aliphatic heterocycles. The van der Waals surface area contributed by atoms with Crippen LogP contribution < -0.4 is 10.6 Å². The molecular weight excluding hydrogens is 388 g/mol. The molecule has 0 spiro atoms. The van der Waals surface area contributed by atoms with E-state index in [-0.39, 0.29) is 18.1 Å². The molecule has 0 bridgehead atoms. The van der Waals surface area contributed by atoms with E-state index in [1.807, 2.05) is 40.1 Å². The predicted molar refractivity (Wildman–Crippen MR) is 115 cm³/mol. The molecule has 0 radical (unpaired) electrons. The van der Waals surface area contributed by atoms with Crippen molar-refractivity contribution in [3.63, 3.8) is 0 Å². The summed E-state index contributed by atoms with van der Waals surface area (Å²) in [7, 11) is 1.65. The summed E-state index contributed by atoms with van der Waals surface area (Å²) in [6.45, 7) is 1.81. The standard InChI is InChI=1S/C22H27ClN4O2/c1-24-21(28)26-10-2-3-20(14-26)27(19-8-9-19)22(29)25-13-15-4-5-16-6-7-18(23)12-17(16)11-15/h4-7,11-12,19-20H,2-3,8-10,13-14H2,1H3,(H,24,28)(H,25,29)/t20-/m1/s1. The molecule has 4 amide bonds. The molecule has 1 atom stereocenters. The molecule has 2 aromatic carbocycles. The molecule has 2 fully saturated rings. The third kappa shape index (κ3) is 4.58. The molecule has 7 heteroatoms. The molecule has 1 saturated heterocycles. The predicted octanol–water partition coefficient (Wildman–Crippen LogP) is 3.97. The number of piperidine rings is 1. The van der Waals surface area contributed by atoms with Crippen LogP contribution in [0.15, 0.2) is 36.4 Å². The van der Waals surface area contributed by atoms with Crippen LogP contribution in [0.5, 0.6) is 0 Å². The number of benzene rings is 2. The van der Waals surface area contributed by atoms with E-state index >= 15 is 0 Å². The quantitative estimate of drug-likeness (QED) is 0.795. The van der Waals surface area contributed by atoms with E-state index in [1.165, 1.54) is 0 Å². The summed E-state index contributed by atoms with van der Waals surface area (Å²) >= 11 is 6.10. The average molecular weight is 415 g/mol. The van der Waals surface area contributed by atoms with Crippen LogP contribution >= 0.6 is 11.6 Å². The van der Waals surface area contributed by atoms with Crippen LogP contribution in [-0.4, -0.2) is 54.1 Å². The van der Waals surface area contributed by atoms with Crippen LogP contribution in [0.25, 0.3) is 10.8 Å². The lowest BCUT2D eigenvalue weighted by atomic mass is 10.0. The smallest absolute Gasteiger partial charge is 0.318 e.